The number of nitrogens with zero attached hydrogens (tertiary/aromatic N) is 2. The Morgan fingerprint density at radius 2 is 2.13 bits per heavy atom. The summed E-state index contributed by atoms with van der Waals surface area (Å²) in [6.07, 6.45) is -0.593. The van der Waals surface area contributed by atoms with Crippen LogP contribution in [0.5, 0.6) is 0 Å². The standard InChI is InChI=1S/C17H20N2O4/c1-12-9-19(11-16(22-12)17(20)21-2)10-14-8-15(18-23-14)13-6-4-3-5-7-13/h3-8,12,16H,9-11H2,1-2H3/t12-,16-/m1/s1. The van der Waals surface area contributed by atoms with Crippen molar-refractivity contribution < 1.29 is 18.8 Å². The first-order chi connectivity index (χ1) is 11.2. The van der Waals surface area contributed by atoms with Crippen molar-refractivity contribution in [2.75, 3.05) is 20.2 Å². The maximum absolute atomic E-state index is 11.7. The second-order valence-corrected chi connectivity index (χ2v) is 5.70. The molecule has 0 radical (unpaired) electrons. The van der Waals surface area contributed by atoms with E-state index >= 15 is 0 Å². The number of methoxy groups -OCH3 is 1. The van der Waals surface area contributed by atoms with E-state index in [2.05, 4.69) is 10.1 Å². The van der Waals surface area contributed by atoms with Crippen LogP contribution < -0.4 is 0 Å². The summed E-state index contributed by atoms with van der Waals surface area (Å²) in [7, 11) is 1.37. The Morgan fingerprint density at radius 1 is 1.35 bits per heavy atom. The number of morpholine rings is 1. The van der Waals surface area contributed by atoms with Crippen LogP contribution in [0.25, 0.3) is 11.3 Å². The highest BCUT2D eigenvalue weighted by molar-refractivity contribution is 5.75. The molecule has 1 aliphatic rings. The van der Waals surface area contributed by atoms with Crippen molar-refractivity contribution in [3.63, 3.8) is 0 Å². The van der Waals surface area contributed by atoms with Crippen LogP contribution in [0.15, 0.2) is 40.9 Å². The molecule has 6 nitrogen and oxygen atoms in total. The summed E-state index contributed by atoms with van der Waals surface area (Å²) in [4.78, 5) is 13.8. The quantitative estimate of drug-likeness (QED) is 0.805. The number of carbonyl (C=O) groups excluding carboxylic acids is 1. The average molecular weight is 316 g/mol. The number of carbonyl (C=O) groups is 1. The molecule has 0 amide bonds. The zero-order chi connectivity index (χ0) is 16.2. The Hall–Kier alpha value is -2.18. The molecular weight excluding hydrogens is 296 g/mol. The lowest BCUT2D eigenvalue weighted by molar-refractivity contribution is -0.166. The molecule has 2 aromatic rings. The van der Waals surface area contributed by atoms with Crippen molar-refractivity contribution in [1.29, 1.82) is 0 Å². The number of hydrogen-bond acceptors (Lipinski definition) is 6. The van der Waals surface area contributed by atoms with Gasteiger partial charge in [-0.3, -0.25) is 4.90 Å². The van der Waals surface area contributed by atoms with Gasteiger partial charge in [-0.05, 0) is 6.92 Å². The summed E-state index contributed by atoms with van der Waals surface area (Å²) < 4.78 is 15.8. The molecule has 1 aromatic carbocycles. The van der Waals surface area contributed by atoms with Crippen molar-refractivity contribution in [2.45, 2.75) is 25.7 Å². The molecule has 0 spiro atoms. The predicted octanol–water partition coefficient (Wildman–Crippen LogP) is 2.10. The van der Waals surface area contributed by atoms with Gasteiger partial charge in [-0.2, -0.15) is 0 Å². The molecule has 0 unspecified atom stereocenters. The van der Waals surface area contributed by atoms with Crippen molar-refractivity contribution in [2.24, 2.45) is 0 Å². The van der Waals surface area contributed by atoms with Gasteiger partial charge in [0.05, 0.1) is 19.8 Å². The van der Waals surface area contributed by atoms with Crippen molar-refractivity contribution in [3.05, 3.63) is 42.2 Å². The van der Waals surface area contributed by atoms with Gasteiger partial charge in [-0.25, -0.2) is 4.79 Å². The summed E-state index contributed by atoms with van der Waals surface area (Å²) in [5.74, 6) is 0.422. The minimum atomic E-state index is -0.555. The minimum absolute atomic E-state index is 0.0376. The Kier molecular flexibility index (Phi) is 4.73. The Labute approximate surface area is 135 Å². The average Bonchev–Trinajstić information content (AvgIpc) is 3.03. The smallest absolute Gasteiger partial charge is 0.336 e. The van der Waals surface area contributed by atoms with E-state index in [0.717, 1.165) is 23.6 Å². The molecule has 0 N–H and O–H groups in total. The molecule has 2 atom stereocenters. The van der Waals surface area contributed by atoms with E-state index in [1.165, 1.54) is 7.11 Å². The van der Waals surface area contributed by atoms with Crippen LogP contribution in [0.2, 0.25) is 0 Å². The molecule has 1 saturated heterocycles. The molecule has 2 heterocycles. The highest BCUT2D eigenvalue weighted by Crippen LogP contribution is 2.21. The van der Waals surface area contributed by atoms with Crippen LogP contribution in [0.4, 0.5) is 0 Å². The summed E-state index contributed by atoms with van der Waals surface area (Å²) in [5, 5.41) is 4.12. The lowest BCUT2D eigenvalue weighted by Gasteiger charge is -2.34. The highest BCUT2D eigenvalue weighted by atomic mass is 16.6. The third-order valence-electron chi connectivity index (χ3n) is 3.81. The van der Waals surface area contributed by atoms with E-state index in [4.69, 9.17) is 14.0 Å². The number of ether oxygens (including phenoxy) is 2. The summed E-state index contributed by atoms with van der Waals surface area (Å²) in [5.41, 5.74) is 1.83. The van der Waals surface area contributed by atoms with Gasteiger partial charge in [0, 0.05) is 24.7 Å². The number of rotatable bonds is 4. The van der Waals surface area contributed by atoms with Gasteiger partial charge in [0.15, 0.2) is 11.9 Å². The van der Waals surface area contributed by atoms with Gasteiger partial charge in [-0.15, -0.1) is 0 Å². The molecule has 1 aromatic heterocycles. The normalized spacial score (nSPS) is 22.0. The second kappa shape index (κ2) is 6.93. The Balaban J connectivity index is 1.67. The first kappa shape index (κ1) is 15.7. The second-order valence-electron chi connectivity index (χ2n) is 5.70. The van der Waals surface area contributed by atoms with Gasteiger partial charge in [0.1, 0.15) is 5.69 Å². The van der Waals surface area contributed by atoms with E-state index in [1.54, 1.807) is 0 Å². The molecule has 1 fully saturated rings. The SMILES string of the molecule is COC(=O)[C@H]1CN(Cc2cc(-c3ccccc3)no2)C[C@@H](C)O1. The minimum Gasteiger partial charge on any atom is -0.467 e. The lowest BCUT2D eigenvalue weighted by atomic mass is 10.1. The van der Waals surface area contributed by atoms with Crippen LogP contribution in [-0.4, -0.2) is 48.4 Å². The Bertz CT molecular complexity index is 656. The Morgan fingerprint density at radius 3 is 2.87 bits per heavy atom. The van der Waals surface area contributed by atoms with Gasteiger partial charge in [0.25, 0.3) is 0 Å². The van der Waals surface area contributed by atoms with Crippen LogP contribution in [0, 0.1) is 0 Å². The van der Waals surface area contributed by atoms with Gasteiger partial charge in [0.2, 0.25) is 0 Å². The number of benzene rings is 1. The zero-order valence-corrected chi connectivity index (χ0v) is 13.3. The lowest BCUT2D eigenvalue weighted by Crippen LogP contribution is -2.49. The third-order valence-corrected chi connectivity index (χ3v) is 3.81. The van der Waals surface area contributed by atoms with Crippen molar-refractivity contribution >= 4 is 5.97 Å². The summed E-state index contributed by atoms with van der Waals surface area (Å²) in [6, 6.07) is 11.8. The van der Waals surface area contributed by atoms with Crippen LogP contribution >= 0.6 is 0 Å². The number of aromatic nitrogens is 1. The maximum atomic E-state index is 11.7. The molecule has 3 rings (SSSR count). The first-order valence-electron chi connectivity index (χ1n) is 7.62. The zero-order valence-electron chi connectivity index (χ0n) is 13.3. The maximum Gasteiger partial charge on any atom is 0.336 e. The van der Waals surface area contributed by atoms with Gasteiger partial charge in [-0.1, -0.05) is 35.5 Å². The van der Waals surface area contributed by atoms with E-state index in [9.17, 15) is 4.79 Å². The summed E-state index contributed by atoms with van der Waals surface area (Å²) in [6.45, 7) is 3.74. The van der Waals surface area contributed by atoms with E-state index < -0.39 is 6.10 Å². The molecule has 122 valence electrons. The molecule has 23 heavy (non-hydrogen) atoms. The third kappa shape index (κ3) is 3.78. The molecular formula is C17H20N2O4. The fourth-order valence-corrected chi connectivity index (χ4v) is 2.78. The van der Waals surface area contributed by atoms with Crippen molar-refractivity contribution in [1.82, 2.24) is 10.1 Å². The summed E-state index contributed by atoms with van der Waals surface area (Å²) >= 11 is 0. The highest BCUT2D eigenvalue weighted by Gasteiger charge is 2.31. The van der Waals surface area contributed by atoms with Crippen molar-refractivity contribution in [3.8, 4) is 11.3 Å². The van der Waals surface area contributed by atoms with E-state index in [-0.39, 0.29) is 12.1 Å². The van der Waals surface area contributed by atoms with Gasteiger partial charge >= 0.3 is 5.97 Å². The number of hydrogen-bond donors (Lipinski definition) is 0. The fraction of sp³-hybridized carbons (Fsp3) is 0.412. The topological polar surface area (TPSA) is 64.8 Å². The van der Waals surface area contributed by atoms with Crippen LogP contribution in [-0.2, 0) is 20.8 Å². The van der Waals surface area contributed by atoms with Gasteiger partial charge < -0.3 is 14.0 Å². The van der Waals surface area contributed by atoms with Crippen LogP contribution in [0.1, 0.15) is 12.7 Å². The number of esters is 1. The molecule has 0 saturated carbocycles. The fourth-order valence-electron chi connectivity index (χ4n) is 2.78. The monoisotopic (exact) mass is 316 g/mol. The molecule has 0 bridgehead atoms. The molecule has 0 aliphatic carbocycles. The molecule has 1 aliphatic heterocycles. The molecule has 6 heteroatoms. The predicted molar refractivity (Wildman–Crippen MR) is 83.6 cm³/mol. The largest absolute Gasteiger partial charge is 0.467 e. The van der Waals surface area contributed by atoms with E-state index in [0.29, 0.717) is 13.1 Å². The first-order valence-corrected chi connectivity index (χ1v) is 7.62. The van der Waals surface area contributed by atoms with Crippen LogP contribution in [0.3, 0.4) is 0 Å². The van der Waals surface area contributed by atoms with E-state index in [1.807, 2.05) is 43.3 Å².